The van der Waals surface area contributed by atoms with Crippen LogP contribution < -0.4 is 4.74 Å². The summed E-state index contributed by atoms with van der Waals surface area (Å²) in [6.45, 7) is 7.12. The van der Waals surface area contributed by atoms with Crippen LogP contribution in [0.25, 0.3) is 11.8 Å². The first kappa shape index (κ1) is 23.1. The van der Waals surface area contributed by atoms with E-state index in [0.29, 0.717) is 0 Å². The Labute approximate surface area is 205 Å². The maximum atomic E-state index is 13.7. The molecule has 7 heteroatoms. The summed E-state index contributed by atoms with van der Waals surface area (Å²) in [6, 6.07) is 12.9. The zero-order chi connectivity index (χ0) is 24.5. The number of hydrogen-bond donors (Lipinski definition) is 0. The van der Waals surface area contributed by atoms with Crippen LogP contribution in [0.2, 0.25) is 0 Å². The third-order valence-corrected chi connectivity index (χ3v) is 6.72. The molecule has 2 unspecified atom stereocenters. The van der Waals surface area contributed by atoms with Crippen molar-refractivity contribution in [3.63, 3.8) is 0 Å². The summed E-state index contributed by atoms with van der Waals surface area (Å²) in [5.41, 5.74) is 5.09. The molecule has 0 saturated carbocycles. The van der Waals surface area contributed by atoms with Crippen molar-refractivity contribution in [3.05, 3.63) is 83.2 Å². The van der Waals surface area contributed by atoms with Crippen LogP contribution in [0.1, 0.15) is 49.6 Å². The van der Waals surface area contributed by atoms with Crippen LogP contribution in [-0.2, 0) is 4.84 Å². The average molecular weight is 475 g/mol. The van der Waals surface area contributed by atoms with Gasteiger partial charge >= 0.3 is 0 Å². The normalized spacial score (nSPS) is 21.0. The van der Waals surface area contributed by atoms with Crippen LogP contribution in [0.5, 0.6) is 5.75 Å². The molecule has 2 atom stereocenters. The Hall–Kier alpha value is -3.61. The van der Waals surface area contributed by atoms with Gasteiger partial charge in [0.2, 0.25) is 0 Å². The van der Waals surface area contributed by atoms with E-state index in [1.807, 2.05) is 42.0 Å². The lowest BCUT2D eigenvalue weighted by Gasteiger charge is -2.45. The summed E-state index contributed by atoms with van der Waals surface area (Å²) < 4.78 is 21.3. The lowest BCUT2D eigenvalue weighted by atomic mass is 9.88. The molecular formula is C28H31FN4O2. The van der Waals surface area contributed by atoms with E-state index in [0.717, 1.165) is 59.1 Å². The van der Waals surface area contributed by atoms with Gasteiger partial charge in [0, 0.05) is 12.7 Å². The van der Waals surface area contributed by atoms with Gasteiger partial charge in [-0.25, -0.2) is 9.37 Å². The number of piperidine rings is 1. The predicted molar refractivity (Wildman–Crippen MR) is 135 cm³/mol. The van der Waals surface area contributed by atoms with E-state index in [1.165, 1.54) is 12.1 Å². The van der Waals surface area contributed by atoms with Crippen molar-refractivity contribution >= 4 is 11.9 Å². The van der Waals surface area contributed by atoms with E-state index in [1.54, 1.807) is 13.4 Å². The number of ether oxygens (including phenoxy) is 1. The van der Waals surface area contributed by atoms with Gasteiger partial charge in [0.1, 0.15) is 11.6 Å². The fourth-order valence-electron chi connectivity index (χ4n) is 4.97. The number of amidine groups is 1. The van der Waals surface area contributed by atoms with E-state index in [2.05, 4.69) is 41.0 Å². The quantitative estimate of drug-likeness (QED) is 0.461. The third kappa shape index (κ3) is 4.55. The molecule has 0 bridgehead atoms. The molecule has 35 heavy (non-hydrogen) atoms. The van der Waals surface area contributed by atoms with Crippen LogP contribution in [0.4, 0.5) is 4.39 Å². The topological polar surface area (TPSA) is 51.9 Å². The molecular weight excluding hydrogens is 443 g/mol. The number of aromatic nitrogens is 2. The monoisotopic (exact) mass is 474 g/mol. The van der Waals surface area contributed by atoms with E-state index >= 15 is 0 Å². The molecule has 2 aliphatic rings. The molecule has 0 aliphatic carbocycles. The van der Waals surface area contributed by atoms with E-state index < -0.39 is 0 Å². The maximum Gasteiger partial charge on any atom is 0.172 e. The predicted octanol–water partition coefficient (Wildman–Crippen LogP) is 5.92. The van der Waals surface area contributed by atoms with Gasteiger partial charge in [-0.15, -0.1) is 0 Å². The van der Waals surface area contributed by atoms with Gasteiger partial charge in [0.05, 0.1) is 30.9 Å². The fraction of sp³-hybridized carbons (Fsp3) is 0.357. The number of imidazole rings is 1. The minimum Gasteiger partial charge on any atom is -0.495 e. The number of rotatable bonds is 5. The van der Waals surface area contributed by atoms with Crippen molar-refractivity contribution in [3.8, 4) is 11.4 Å². The fourth-order valence-corrected chi connectivity index (χ4v) is 4.97. The Morgan fingerprint density at radius 1 is 1.17 bits per heavy atom. The smallest absolute Gasteiger partial charge is 0.172 e. The molecule has 3 aromatic rings. The molecule has 1 fully saturated rings. The van der Waals surface area contributed by atoms with Crippen molar-refractivity contribution in [1.29, 1.82) is 0 Å². The molecule has 0 spiro atoms. The van der Waals surface area contributed by atoms with Crippen molar-refractivity contribution < 1.29 is 14.0 Å². The summed E-state index contributed by atoms with van der Waals surface area (Å²) in [7, 11) is 1.68. The highest BCUT2D eigenvalue weighted by Crippen LogP contribution is 2.39. The van der Waals surface area contributed by atoms with E-state index in [4.69, 9.17) is 9.57 Å². The number of benzene rings is 2. The van der Waals surface area contributed by atoms with E-state index in [9.17, 15) is 4.39 Å². The van der Waals surface area contributed by atoms with Crippen LogP contribution >= 0.6 is 0 Å². The van der Waals surface area contributed by atoms with Gasteiger partial charge in [0.25, 0.3) is 0 Å². The zero-order valence-corrected chi connectivity index (χ0v) is 20.6. The van der Waals surface area contributed by atoms with Gasteiger partial charge in [-0.3, -0.25) is 0 Å². The molecule has 3 heterocycles. The molecule has 0 amide bonds. The molecule has 0 radical (unpaired) electrons. The van der Waals surface area contributed by atoms with Crippen molar-refractivity contribution in [2.45, 2.75) is 45.8 Å². The van der Waals surface area contributed by atoms with Crippen LogP contribution in [0.3, 0.4) is 0 Å². The second-order valence-corrected chi connectivity index (χ2v) is 9.55. The molecule has 1 saturated heterocycles. The lowest BCUT2D eigenvalue weighted by Crippen LogP contribution is -2.49. The highest BCUT2D eigenvalue weighted by Gasteiger charge is 2.40. The second kappa shape index (κ2) is 9.56. The van der Waals surface area contributed by atoms with Crippen molar-refractivity contribution in [1.82, 2.24) is 14.5 Å². The minimum atomic E-state index is -0.233. The molecule has 6 nitrogen and oxygen atoms in total. The first-order chi connectivity index (χ1) is 16.9. The minimum absolute atomic E-state index is 0.0202. The first-order valence-electron chi connectivity index (χ1n) is 12.1. The van der Waals surface area contributed by atoms with Crippen LogP contribution in [-0.4, -0.2) is 40.0 Å². The average Bonchev–Trinajstić information content (AvgIpc) is 3.30. The number of halogens is 1. The Balaban J connectivity index is 1.50. The lowest BCUT2D eigenvalue weighted by molar-refractivity contribution is -0.0468. The van der Waals surface area contributed by atoms with Gasteiger partial charge < -0.3 is 19.0 Å². The Morgan fingerprint density at radius 2 is 1.97 bits per heavy atom. The summed E-state index contributed by atoms with van der Waals surface area (Å²) in [5.74, 6) is 1.65. The highest BCUT2D eigenvalue weighted by atomic mass is 19.1. The summed E-state index contributed by atoms with van der Waals surface area (Å²) in [6.07, 6.45) is 7.74. The Morgan fingerprint density at radius 3 is 2.66 bits per heavy atom. The zero-order valence-electron chi connectivity index (χ0n) is 20.6. The number of nitrogens with zero attached hydrogens (tertiary/aromatic N) is 4. The SMILES string of the molecule is COc1cc(/C=C2\CCCN3C2=NOC(C(C)C)C3c2ccc(F)cc2)ccc1-n1cnc(C)c1. The Kier molecular flexibility index (Phi) is 6.32. The Bertz CT molecular complexity index is 1260. The number of methoxy groups -OCH3 is 1. The van der Waals surface area contributed by atoms with Gasteiger partial charge in [-0.05, 0) is 72.7 Å². The first-order valence-corrected chi connectivity index (χ1v) is 12.1. The number of hydrogen-bond acceptors (Lipinski definition) is 5. The van der Waals surface area contributed by atoms with E-state index in [-0.39, 0.29) is 23.9 Å². The standard InChI is InChI=1S/C28H31FN4O2/c1-18(2)27-26(21-8-10-23(29)11-9-21)33-13-5-6-22(28(33)31-35-27)14-20-7-12-24(25(15-20)34-4)32-16-19(3)30-17-32/h7-12,14-18,26-27H,5-6,13H2,1-4H3/b22-14+. The highest BCUT2D eigenvalue weighted by molar-refractivity contribution is 6.03. The van der Waals surface area contributed by atoms with Crippen LogP contribution in [0, 0.1) is 18.7 Å². The molecule has 182 valence electrons. The summed E-state index contributed by atoms with van der Waals surface area (Å²) >= 11 is 0. The molecule has 2 aromatic carbocycles. The number of fused-ring (bicyclic) bond motifs is 1. The van der Waals surface area contributed by atoms with Gasteiger partial charge in [-0.1, -0.05) is 37.2 Å². The van der Waals surface area contributed by atoms with Crippen molar-refractivity contribution in [2.24, 2.45) is 11.1 Å². The molecule has 0 N–H and O–H groups in total. The third-order valence-electron chi connectivity index (χ3n) is 6.72. The van der Waals surface area contributed by atoms with Crippen molar-refractivity contribution in [2.75, 3.05) is 13.7 Å². The summed E-state index contributed by atoms with van der Waals surface area (Å²) in [5, 5.41) is 4.59. The summed E-state index contributed by atoms with van der Waals surface area (Å²) in [4.78, 5) is 12.7. The molecule has 2 aliphatic heterocycles. The van der Waals surface area contributed by atoms with Gasteiger partial charge in [0.15, 0.2) is 11.9 Å². The molecule has 5 rings (SSSR count). The number of oxime groups is 1. The largest absolute Gasteiger partial charge is 0.495 e. The molecule has 1 aromatic heterocycles. The second-order valence-electron chi connectivity index (χ2n) is 9.55. The van der Waals surface area contributed by atoms with Gasteiger partial charge in [-0.2, -0.15) is 0 Å². The number of aryl methyl sites for hydroxylation is 1. The maximum absolute atomic E-state index is 13.7. The van der Waals surface area contributed by atoms with Crippen LogP contribution in [0.15, 0.2) is 65.7 Å².